The monoisotopic (exact) mass is 636 g/mol. The first-order chi connectivity index (χ1) is 19.0. The molecule has 6 aliphatic rings. The number of likely N-dealkylation sites (N-methyl/N-ethyl adjacent to an activating group) is 1. The second-order valence-corrected chi connectivity index (χ2v) is 15.8. The van der Waals surface area contributed by atoms with Crippen molar-refractivity contribution in [2.45, 2.75) is 135 Å². The van der Waals surface area contributed by atoms with E-state index >= 15 is 0 Å². The van der Waals surface area contributed by atoms with Crippen LogP contribution in [0.5, 0.6) is 0 Å². The molecule has 0 aromatic rings. The van der Waals surface area contributed by atoms with Gasteiger partial charge in [-0.2, -0.15) is 0 Å². The Morgan fingerprint density at radius 1 is 0.805 bits per heavy atom. The third-order valence-electron chi connectivity index (χ3n) is 13.7. The molecule has 234 valence electrons. The van der Waals surface area contributed by atoms with E-state index < -0.39 is 0 Å². The van der Waals surface area contributed by atoms with Gasteiger partial charge in [-0.25, -0.2) is 0 Å². The average Bonchev–Trinajstić information content (AvgIpc) is 3.21. The highest BCUT2D eigenvalue weighted by atomic mass is 79.9. The van der Waals surface area contributed by atoms with Crippen molar-refractivity contribution in [3.8, 4) is 0 Å². The highest BCUT2D eigenvalue weighted by molar-refractivity contribution is 5.66. The van der Waals surface area contributed by atoms with Crippen LogP contribution in [0.1, 0.15) is 111 Å². The van der Waals surface area contributed by atoms with Gasteiger partial charge in [0, 0.05) is 31.7 Å². The van der Waals surface area contributed by atoms with Gasteiger partial charge in [-0.1, -0.05) is 20.3 Å². The van der Waals surface area contributed by atoms with Crippen molar-refractivity contribution in [2.24, 2.45) is 34.5 Å². The summed E-state index contributed by atoms with van der Waals surface area (Å²) in [5.41, 5.74) is 0.377. The first-order valence-electron chi connectivity index (χ1n) is 17.0. The van der Waals surface area contributed by atoms with Crippen molar-refractivity contribution in [3.63, 3.8) is 0 Å². The fourth-order valence-electron chi connectivity index (χ4n) is 11.7. The molecule has 0 bridgehead atoms. The summed E-state index contributed by atoms with van der Waals surface area (Å²) in [6, 6.07) is 0.796. The van der Waals surface area contributed by atoms with Gasteiger partial charge in [0.1, 0.15) is 12.1 Å². The Labute approximate surface area is 260 Å². The lowest BCUT2D eigenvalue weighted by molar-refractivity contribution is -0.940. The second kappa shape index (κ2) is 12.0. The zero-order valence-corrected chi connectivity index (χ0v) is 28.1. The number of nitrogens with zero attached hydrogens (tertiary/aromatic N) is 2. The maximum Gasteiger partial charge on any atom is 0.303 e. The number of hydrogen-bond acceptors (Lipinski definition) is 5. The van der Waals surface area contributed by atoms with Crippen LogP contribution in [0.4, 0.5) is 0 Å². The Morgan fingerprint density at radius 2 is 1.46 bits per heavy atom. The van der Waals surface area contributed by atoms with Gasteiger partial charge in [-0.05, 0) is 113 Å². The smallest absolute Gasteiger partial charge is 0.303 e. The molecular formula is C34H57BrN2O4. The van der Waals surface area contributed by atoms with Gasteiger partial charge in [0.05, 0.1) is 20.1 Å². The van der Waals surface area contributed by atoms with Crippen molar-refractivity contribution >= 4 is 11.9 Å². The highest BCUT2D eigenvalue weighted by Crippen LogP contribution is 2.67. The first-order valence-corrected chi connectivity index (χ1v) is 17.0. The minimum absolute atomic E-state index is 0. The molecule has 2 saturated heterocycles. The number of esters is 2. The number of rotatable bonds is 4. The summed E-state index contributed by atoms with van der Waals surface area (Å²) in [6.07, 6.45) is 16.3. The molecule has 0 aromatic carbocycles. The number of ether oxygens (including phenoxy) is 2. The molecule has 0 N–H and O–H groups in total. The Hall–Kier alpha value is -0.660. The Bertz CT molecular complexity index is 964. The minimum atomic E-state index is -0.111. The molecule has 0 amide bonds. The lowest BCUT2D eigenvalue weighted by Gasteiger charge is -2.62. The van der Waals surface area contributed by atoms with Crippen molar-refractivity contribution < 1.29 is 40.5 Å². The van der Waals surface area contributed by atoms with E-state index in [1.807, 2.05) is 0 Å². The maximum absolute atomic E-state index is 12.5. The van der Waals surface area contributed by atoms with Gasteiger partial charge in [0.25, 0.3) is 0 Å². The van der Waals surface area contributed by atoms with Crippen molar-refractivity contribution in [1.82, 2.24) is 4.90 Å². The summed E-state index contributed by atoms with van der Waals surface area (Å²) in [4.78, 5) is 27.4. The normalized spacial score (nSPS) is 45.8. The summed E-state index contributed by atoms with van der Waals surface area (Å²) in [5.74, 6) is 2.50. The Balaban J connectivity index is 0.00000337. The van der Waals surface area contributed by atoms with Crippen LogP contribution >= 0.6 is 0 Å². The van der Waals surface area contributed by atoms with E-state index in [-0.39, 0.29) is 46.5 Å². The number of piperidine rings is 2. The van der Waals surface area contributed by atoms with Crippen LogP contribution in [0.15, 0.2) is 0 Å². The molecule has 6 nitrogen and oxygen atoms in total. The molecule has 1 unspecified atom stereocenters. The van der Waals surface area contributed by atoms with Crippen LogP contribution in [-0.2, 0) is 19.1 Å². The molecular weight excluding hydrogens is 580 g/mol. The van der Waals surface area contributed by atoms with E-state index in [0.29, 0.717) is 35.3 Å². The molecule has 0 radical (unpaired) electrons. The quantitative estimate of drug-likeness (QED) is 0.351. The van der Waals surface area contributed by atoms with E-state index in [4.69, 9.17) is 9.47 Å². The number of hydrogen-bond donors (Lipinski definition) is 0. The van der Waals surface area contributed by atoms with Crippen molar-refractivity contribution in [1.29, 1.82) is 0 Å². The van der Waals surface area contributed by atoms with Gasteiger partial charge in [-0.15, -0.1) is 0 Å². The van der Waals surface area contributed by atoms with Crippen LogP contribution in [0, 0.1) is 34.5 Å². The lowest BCUT2D eigenvalue weighted by atomic mass is 9.44. The highest BCUT2D eigenvalue weighted by Gasteiger charge is 2.67. The van der Waals surface area contributed by atoms with E-state index in [0.717, 1.165) is 29.9 Å². The van der Waals surface area contributed by atoms with E-state index in [9.17, 15) is 9.59 Å². The zero-order chi connectivity index (χ0) is 28.3. The molecule has 6 fully saturated rings. The molecule has 6 rings (SSSR count). The summed E-state index contributed by atoms with van der Waals surface area (Å²) < 4.78 is 13.5. The van der Waals surface area contributed by atoms with E-state index in [2.05, 4.69) is 25.8 Å². The third kappa shape index (κ3) is 5.56. The van der Waals surface area contributed by atoms with E-state index in [1.54, 1.807) is 13.8 Å². The van der Waals surface area contributed by atoms with Crippen molar-refractivity contribution in [2.75, 3.05) is 33.2 Å². The summed E-state index contributed by atoms with van der Waals surface area (Å²) >= 11 is 0. The fourth-order valence-corrected chi connectivity index (χ4v) is 11.7. The molecule has 7 heteroatoms. The second-order valence-electron chi connectivity index (χ2n) is 15.8. The molecule has 2 heterocycles. The minimum Gasteiger partial charge on any atom is -1.00 e. The van der Waals surface area contributed by atoms with Gasteiger partial charge in [-0.3, -0.25) is 14.5 Å². The predicted octanol–water partition coefficient (Wildman–Crippen LogP) is 2.97. The van der Waals surface area contributed by atoms with Crippen LogP contribution in [0.25, 0.3) is 0 Å². The van der Waals surface area contributed by atoms with Crippen LogP contribution in [-0.4, -0.2) is 78.8 Å². The van der Waals surface area contributed by atoms with Gasteiger partial charge >= 0.3 is 11.9 Å². The van der Waals surface area contributed by atoms with Gasteiger partial charge in [0.15, 0.2) is 6.10 Å². The number of carbonyl (C=O) groups excluding carboxylic acids is 2. The summed E-state index contributed by atoms with van der Waals surface area (Å²) in [7, 11) is 2.47. The molecule has 4 aliphatic carbocycles. The summed E-state index contributed by atoms with van der Waals surface area (Å²) in [5, 5.41) is 0. The van der Waals surface area contributed by atoms with Crippen LogP contribution in [0.3, 0.4) is 0 Å². The fraction of sp³-hybridized carbons (Fsp3) is 0.941. The molecule has 0 aromatic heterocycles. The van der Waals surface area contributed by atoms with Crippen LogP contribution < -0.4 is 17.0 Å². The largest absolute Gasteiger partial charge is 1.00 e. The van der Waals surface area contributed by atoms with Gasteiger partial charge in [0.2, 0.25) is 0 Å². The molecule has 4 saturated carbocycles. The average molecular weight is 638 g/mol. The number of likely N-dealkylation sites (tertiary alicyclic amines) is 2. The summed E-state index contributed by atoms with van der Waals surface area (Å²) in [6.45, 7) is 13.1. The standard InChI is InChI=1S/C34H57N2O4.BrH/c1-23(37)39-31-20-25-12-13-26-27(34(25,4)22-29(31)35-16-8-6-9-17-35)14-15-33(3)28(26)21-30(32(33)40-24(2)38)36(5)18-10-7-11-19-36;/h25-32H,6-22H2,1-5H3;1H/q+1;/p-1/t25-,26+,27-,28-,29-,30?,31-,32-,33-,34-;/m0./s1. The predicted molar refractivity (Wildman–Crippen MR) is 156 cm³/mol. The van der Waals surface area contributed by atoms with Crippen molar-refractivity contribution in [3.05, 3.63) is 0 Å². The molecule has 41 heavy (non-hydrogen) atoms. The number of quaternary nitrogens is 1. The Kier molecular flexibility index (Phi) is 9.32. The number of fused-ring (bicyclic) bond motifs is 5. The third-order valence-corrected chi connectivity index (χ3v) is 13.7. The zero-order valence-electron chi connectivity index (χ0n) is 26.5. The maximum atomic E-state index is 12.5. The molecule has 2 aliphatic heterocycles. The SMILES string of the molecule is CC(=O)O[C@H]1C[C@@H]2CC[C@@H]3[C@H](CC[C@]4(C)[C@@H](OC(C)=O)C([N+]5(C)CCCCC5)C[C@@H]34)[C@@]2(C)C[C@@H]1N1CCCCC1.[Br-]. The number of halogens is 1. The topological polar surface area (TPSA) is 55.8 Å². The molecule has 10 atom stereocenters. The number of carbonyl (C=O) groups is 2. The Morgan fingerprint density at radius 3 is 2.12 bits per heavy atom. The van der Waals surface area contributed by atoms with E-state index in [1.165, 1.54) is 90.1 Å². The lowest BCUT2D eigenvalue weighted by Crippen LogP contribution is -3.00. The molecule has 0 spiro atoms. The van der Waals surface area contributed by atoms with Crippen LogP contribution in [0.2, 0.25) is 0 Å². The first kappa shape index (κ1) is 31.8. The van der Waals surface area contributed by atoms with Gasteiger partial charge < -0.3 is 30.9 Å².